The fraction of sp³-hybridized carbons (Fsp3) is 0.538. The van der Waals surface area contributed by atoms with Gasteiger partial charge in [0.05, 0.1) is 6.10 Å². The Labute approximate surface area is 85.8 Å². The number of aliphatic hydroxyl groups is 1. The summed E-state index contributed by atoms with van der Waals surface area (Å²) in [6.45, 7) is 2.07. The normalized spacial score (nSPS) is 19.0. The van der Waals surface area contributed by atoms with E-state index in [1.807, 2.05) is 12.1 Å². The second-order valence-electron chi connectivity index (χ2n) is 4.46. The summed E-state index contributed by atoms with van der Waals surface area (Å²) in [6, 6.07) is 8.22. The van der Waals surface area contributed by atoms with Gasteiger partial charge in [-0.15, -0.1) is 0 Å². The van der Waals surface area contributed by atoms with E-state index in [0.29, 0.717) is 0 Å². The molecule has 1 unspecified atom stereocenters. The van der Waals surface area contributed by atoms with Crippen LogP contribution in [0.4, 0.5) is 0 Å². The first-order valence-corrected chi connectivity index (χ1v) is 5.50. The molecule has 1 heteroatoms. The average molecular weight is 190 g/mol. The number of aliphatic hydroxyl groups excluding tert-OH is 1. The van der Waals surface area contributed by atoms with Gasteiger partial charge in [-0.1, -0.05) is 49.1 Å². The number of hydrogen-bond donors (Lipinski definition) is 1. The van der Waals surface area contributed by atoms with Gasteiger partial charge >= 0.3 is 0 Å². The lowest BCUT2D eigenvalue weighted by atomic mass is 9.80. The van der Waals surface area contributed by atoms with Gasteiger partial charge < -0.3 is 5.11 Å². The van der Waals surface area contributed by atoms with Crippen molar-refractivity contribution >= 4 is 0 Å². The molecule has 1 aliphatic carbocycles. The summed E-state index contributed by atoms with van der Waals surface area (Å²) >= 11 is 0. The van der Waals surface area contributed by atoms with E-state index >= 15 is 0 Å². The summed E-state index contributed by atoms with van der Waals surface area (Å²) in [4.78, 5) is 0. The van der Waals surface area contributed by atoms with Crippen molar-refractivity contribution in [1.82, 2.24) is 0 Å². The van der Waals surface area contributed by atoms with Gasteiger partial charge in [-0.3, -0.25) is 0 Å². The Balaban J connectivity index is 1.95. The van der Waals surface area contributed by atoms with E-state index in [1.54, 1.807) is 0 Å². The molecule has 1 N–H and O–H groups in total. The Bertz CT molecular complexity index is 285. The number of benzene rings is 1. The standard InChI is InChI=1S/C13H18O/c1-10-5-7-12(8-6-10)13(14)9-11-3-2-4-11/h5-8,11,13-14H,2-4,9H2,1H3. The molecule has 1 atom stereocenters. The zero-order valence-electron chi connectivity index (χ0n) is 8.74. The third-order valence-electron chi connectivity index (χ3n) is 3.24. The minimum absolute atomic E-state index is 0.249. The van der Waals surface area contributed by atoms with Crippen molar-refractivity contribution in [2.24, 2.45) is 5.92 Å². The van der Waals surface area contributed by atoms with Crippen LogP contribution < -0.4 is 0 Å². The van der Waals surface area contributed by atoms with E-state index < -0.39 is 0 Å². The van der Waals surface area contributed by atoms with Crippen LogP contribution in [-0.2, 0) is 0 Å². The molecule has 1 aromatic rings. The Morgan fingerprint density at radius 2 is 1.93 bits per heavy atom. The summed E-state index contributed by atoms with van der Waals surface area (Å²) in [5.41, 5.74) is 2.33. The SMILES string of the molecule is Cc1ccc(C(O)CC2CCC2)cc1. The van der Waals surface area contributed by atoms with Gasteiger partial charge in [0.15, 0.2) is 0 Å². The first-order valence-electron chi connectivity index (χ1n) is 5.50. The van der Waals surface area contributed by atoms with Crippen molar-refractivity contribution in [3.63, 3.8) is 0 Å². The monoisotopic (exact) mass is 190 g/mol. The smallest absolute Gasteiger partial charge is 0.0792 e. The Morgan fingerprint density at radius 3 is 2.43 bits per heavy atom. The second-order valence-corrected chi connectivity index (χ2v) is 4.46. The van der Waals surface area contributed by atoms with Gasteiger partial charge in [-0.25, -0.2) is 0 Å². The minimum Gasteiger partial charge on any atom is -0.388 e. The van der Waals surface area contributed by atoms with Crippen LogP contribution in [0, 0.1) is 12.8 Å². The zero-order chi connectivity index (χ0) is 9.97. The molecule has 0 spiro atoms. The molecule has 0 aliphatic heterocycles. The molecule has 1 aromatic carbocycles. The summed E-state index contributed by atoms with van der Waals surface area (Å²) < 4.78 is 0. The van der Waals surface area contributed by atoms with Gasteiger partial charge in [0.25, 0.3) is 0 Å². The Hall–Kier alpha value is -0.820. The maximum atomic E-state index is 9.95. The molecule has 1 saturated carbocycles. The van der Waals surface area contributed by atoms with Crippen LogP contribution in [0.2, 0.25) is 0 Å². The fourth-order valence-corrected chi connectivity index (χ4v) is 1.97. The third kappa shape index (κ3) is 2.16. The highest BCUT2D eigenvalue weighted by Gasteiger charge is 2.21. The van der Waals surface area contributed by atoms with Gasteiger partial charge in [-0.05, 0) is 24.8 Å². The van der Waals surface area contributed by atoms with Crippen molar-refractivity contribution in [1.29, 1.82) is 0 Å². The first-order chi connectivity index (χ1) is 6.75. The number of hydrogen-bond acceptors (Lipinski definition) is 1. The molecule has 1 aliphatic rings. The molecule has 14 heavy (non-hydrogen) atoms. The Morgan fingerprint density at radius 1 is 1.29 bits per heavy atom. The van der Waals surface area contributed by atoms with E-state index in [1.165, 1.54) is 24.8 Å². The molecule has 1 fully saturated rings. The van der Waals surface area contributed by atoms with E-state index in [9.17, 15) is 5.11 Å². The largest absolute Gasteiger partial charge is 0.388 e. The summed E-state index contributed by atoms with van der Waals surface area (Å²) in [5.74, 6) is 0.770. The van der Waals surface area contributed by atoms with Crippen LogP contribution in [0.5, 0.6) is 0 Å². The molecular weight excluding hydrogens is 172 g/mol. The summed E-state index contributed by atoms with van der Waals surface area (Å²) in [6.07, 6.45) is 4.67. The van der Waals surface area contributed by atoms with Gasteiger partial charge in [-0.2, -0.15) is 0 Å². The molecule has 0 heterocycles. The van der Waals surface area contributed by atoms with E-state index in [-0.39, 0.29) is 6.10 Å². The molecule has 0 amide bonds. The lowest BCUT2D eigenvalue weighted by molar-refractivity contribution is 0.118. The summed E-state index contributed by atoms with van der Waals surface area (Å²) in [7, 11) is 0. The van der Waals surface area contributed by atoms with Crippen molar-refractivity contribution < 1.29 is 5.11 Å². The van der Waals surface area contributed by atoms with Crippen LogP contribution >= 0.6 is 0 Å². The number of rotatable bonds is 3. The lowest BCUT2D eigenvalue weighted by Gasteiger charge is -2.27. The highest BCUT2D eigenvalue weighted by atomic mass is 16.3. The van der Waals surface area contributed by atoms with Gasteiger partial charge in [0.2, 0.25) is 0 Å². The van der Waals surface area contributed by atoms with Crippen molar-refractivity contribution in [3.8, 4) is 0 Å². The van der Waals surface area contributed by atoms with Crippen LogP contribution in [-0.4, -0.2) is 5.11 Å². The molecule has 2 rings (SSSR count). The highest BCUT2D eigenvalue weighted by molar-refractivity contribution is 5.23. The molecule has 0 bridgehead atoms. The topological polar surface area (TPSA) is 20.2 Å². The molecular formula is C13H18O. The zero-order valence-corrected chi connectivity index (χ0v) is 8.74. The van der Waals surface area contributed by atoms with Crippen molar-refractivity contribution in [2.75, 3.05) is 0 Å². The second kappa shape index (κ2) is 4.14. The van der Waals surface area contributed by atoms with Crippen LogP contribution in [0.15, 0.2) is 24.3 Å². The lowest BCUT2D eigenvalue weighted by Crippen LogP contribution is -2.14. The number of aryl methyl sites for hydroxylation is 1. The van der Waals surface area contributed by atoms with Gasteiger partial charge in [0, 0.05) is 0 Å². The highest BCUT2D eigenvalue weighted by Crippen LogP contribution is 2.34. The maximum absolute atomic E-state index is 9.95. The Kier molecular flexibility index (Phi) is 2.87. The van der Waals surface area contributed by atoms with E-state index in [4.69, 9.17) is 0 Å². The molecule has 0 radical (unpaired) electrons. The van der Waals surface area contributed by atoms with Crippen molar-refractivity contribution in [2.45, 2.75) is 38.7 Å². The van der Waals surface area contributed by atoms with Crippen molar-refractivity contribution in [3.05, 3.63) is 35.4 Å². The minimum atomic E-state index is -0.249. The maximum Gasteiger partial charge on any atom is 0.0792 e. The summed E-state index contributed by atoms with van der Waals surface area (Å²) in [5, 5.41) is 9.95. The third-order valence-corrected chi connectivity index (χ3v) is 3.24. The molecule has 0 aromatic heterocycles. The fourth-order valence-electron chi connectivity index (χ4n) is 1.97. The van der Waals surface area contributed by atoms with Crippen LogP contribution in [0.1, 0.15) is 42.9 Å². The molecule has 0 saturated heterocycles. The van der Waals surface area contributed by atoms with E-state index in [2.05, 4.69) is 19.1 Å². The predicted molar refractivity (Wildman–Crippen MR) is 58.1 cm³/mol. The predicted octanol–water partition coefficient (Wildman–Crippen LogP) is 3.22. The van der Waals surface area contributed by atoms with Gasteiger partial charge in [0.1, 0.15) is 0 Å². The van der Waals surface area contributed by atoms with E-state index in [0.717, 1.165) is 17.9 Å². The molecule has 1 nitrogen and oxygen atoms in total. The average Bonchev–Trinajstić information content (AvgIpc) is 2.12. The molecule has 76 valence electrons. The van der Waals surface area contributed by atoms with Crippen LogP contribution in [0.25, 0.3) is 0 Å². The quantitative estimate of drug-likeness (QED) is 0.776. The van der Waals surface area contributed by atoms with Crippen LogP contribution in [0.3, 0.4) is 0 Å². The first kappa shape index (κ1) is 9.72.